The smallest absolute Gasteiger partial charge is 0.315 e. The number of halogens is 1. The van der Waals surface area contributed by atoms with E-state index >= 15 is 0 Å². The highest BCUT2D eigenvalue weighted by Crippen LogP contribution is 2.24. The molecule has 1 N–H and O–H groups in total. The summed E-state index contributed by atoms with van der Waals surface area (Å²) in [5.74, 6) is -0.308. The predicted octanol–water partition coefficient (Wildman–Crippen LogP) is 3.27. The maximum Gasteiger partial charge on any atom is 0.315 e. The number of rotatable bonds is 6. The van der Waals surface area contributed by atoms with E-state index in [1.54, 1.807) is 32.0 Å². The molecule has 0 aliphatic heterocycles. The summed E-state index contributed by atoms with van der Waals surface area (Å²) in [6, 6.07) is 5.34. The van der Waals surface area contributed by atoms with Crippen LogP contribution in [0.5, 0.6) is 0 Å². The molecule has 4 nitrogen and oxygen atoms in total. The summed E-state index contributed by atoms with van der Waals surface area (Å²) in [5, 5.41) is 3.07. The Morgan fingerprint density at radius 1 is 1.45 bits per heavy atom. The molecule has 6 heteroatoms. The van der Waals surface area contributed by atoms with E-state index in [1.165, 1.54) is 11.8 Å². The van der Waals surface area contributed by atoms with Gasteiger partial charge in [-0.05, 0) is 38.5 Å². The second kappa shape index (κ2) is 8.17. The lowest BCUT2D eigenvalue weighted by Crippen LogP contribution is -2.24. The Hall–Kier alpha value is -1.20. The summed E-state index contributed by atoms with van der Waals surface area (Å²) < 4.78 is 4.82. The van der Waals surface area contributed by atoms with Crippen LogP contribution < -0.4 is 5.32 Å². The van der Waals surface area contributed by atoms with Crippen molar-refractivity contribution in [1.82, 2.24) is 0 Å². The molecule has 0 heterocycles. The maximum atomic E-state index is 12.0. The van der Waals surface area contributed by atoms with Crippen LogP contribution in [0.1, 0.15) is 19.4 Å². The lowest BCUT2D eigenvalue weighted by Gasteiger charge is -2.13. The third-order valence-corrected chi connectivity index (χ3v) is 4.18. The SMILES string of the molecule is CCOC(=O)CS[C@H](C)C(=O)Nc1cccc(Cl)c1C. The van der Waals surface area contributed by atoms with Gasteiger partial charge >= 0.3 is 5.97 Å². The molecule has 0 saturated heterocycles. The molecule has 0 radical (unpaired) electrons. The van der Waals surface area contributed by atoms with Crippen LogP contribution in [0.2, 0.25) is 5.02 Å². The number of benzene rings is 1. The highest BCUT2D eigenvalue weighted by atomic mass is 35.5. The van der Waals surface area contributed by atoms with Gasteiger partial charge in [0, 0.05) is 10.7 Å². The quantitative estimate of drug-likeness (QED) is 0.819. The first-order valence-corrected chi connectivity index (χ1v) is 7.71. The van der Waals surface area contributed by atoms with Crippen LogP contribution in [0, 0.1) is 6.92 Å². The van der Waals surface area contributed by atoms with E-state index in [4.69, 9.17) is 16.3 Å². The molecule has 1 atom stereocenters. The average molecular weight is 316 g/mol. The third kappa shape index (κ3) is 5.06. The van der Waals surface area contributed by atoms with Crippen LogP contribution in [-0.4, -0.2) is 29.5 Å². The molecule has 0 unspecified atom stereocenters. The van der Waals surface area contributed by atoms with E-state index in [1.807, 2.05) is 6.92 Å². The van der Waals surface area contributed by atoms with Crippen molar-refractivity contribution in [2.45, 2.75) is 26.0 Å². The van der Waals surface area contributed by atoms with E-state index in [0.29, 0.717) is 17.3 Å². The van der Waals surface area contributed by atoms with Gasteiger partial charge in [-0.1, -0.05) is 17.7 Å². The molecule has 1 rings (SSSR count). The van der Waals surface area contributed by atoms with Crippen molar-refractivity contribution in [3.05, 3.63) is 28.8 Å². The molecular weight excluding hydrogens is 298 g/mol. The van der Waals surface area contributed by atoms with Crippen LogP contribution >= 0.6 is 23.4 Å². The normalized spacial score (nSPS) is 11.8. The number of hydrogen-bond acceptors (Lipinski definition) is 4. The lowest BCUT2D eigenvalue weighted by molar-refractivity contribution is -0.139. The second-order valence-electron chi connectivity index (χ2n) is 4.16. The highest BCUT2D eigenvalue weighted by Gasteiger charge is 2.16. The number of esters is 1. The largest absolute Gasteiger partial charge is 0.465 e. The van der Waals surface area contributed by atoms with Crippen LogP contribution in [-0.2, 0) is 14.3 Å². The van der Waals surface area contributed by atoms with Gasteiger partial charge in [0.25, 0.3) is 0 Å². The Bertz CT molecular complexity index is 493. The first-order valence-electron chi connectivity index (χ1n) is 6.29. The van der Waals surface area contributed by atoms with Crippen LogP contribution in [0.25, 0.3) is 0 Å². The number of thioether (sulfide) groups is 1. The van der Waals surface area contributed by atoms with E-state index in [0.717, 1.165) is 5.56 Å². The molecule has 20 heavy (non-hydrogen) atoms. The molecule has 110 valence electrons. The lowest BCUT2D eigenvalue weighted by atomic mass is 10.2. The standard InChI is InChI=1S/C14H18ClNO3S/c1-4-19-13(17)8-20-10(3)14(18)16-12-7-5-6-11(15)9(12)2/h5-7,10H,4,8H2,1-3H3,(H,16,18)/t10-/m1/s1. The monoisotopic (exact) mass is 315 g/mol. The van der Waals surface area contributed by atoms with Gasteiger partial charge in [-0.2, -0.15) is 0 Å². The van der Waals surface area contributed by atoms with Crippen molar-refractivity contribution in [3.63, 3.8) is 0 Å². The van der Waals surface area contributed by atoms with Crippen molar-refractivity contribution < 1.29 is 14.3 Å². The van der Waals surface area contributed by atoms with Crippen molar-refractivity contribution in [2.75, 3.05) is 17.7 Å². The van der Waals surface area contributed by atoms with Crippen LogP contribution in [0.15, 0.2) is 18.2 Å². The van der Waals surface area contributed by atoms with Crippen molar-refractivity contribution >= 4 is 40.9 Å². The Kier molecular flexibility index (Phi) is 6.88. The molecule has 1 aromatic rings. The number of hydrogen-bond donors (Lipinski definition) is 1. The first kappa shape index (κ1) is 16.9. The minimum atomic E-state index is -0.349. The zero-order chi connectivity index (χ0) is 15.1. The first-order chi connectivity index (χ1) is 9.45. The Labute approximate surface area is 128 Å². The number of carbonyl (C=O) groups is 2. The molecule has 0 saturated carbocycles. The number of amides is 1. The summed E-state index contributed by atoms with van der Waals surface area (Å²) >= 11 is 7.24. The predicted molar refractivity (Wildman–Crippen MR) is 83.4 cm³/mol. The van der Waals surface area contributed by atoms with Gasteiger partial charge in [-0.3, -0.25) is 9.59 Å². The molecule has 0 fully saturated rings. The van der Waals surface area contributed by atoms with Gasteiger partial charge < -0.3 is 10.1 Å². The van der Waals surface area contributed by atoms with Gasteiger partial charge in [-0.15, -0.1) is 11.8 Å². The van der Waals surface area contributed by atoms with Crippen LogP contribution in [0.3, 0.4) is 0 Å². The number of ether oxygens (including phenoxy) is 1. The third-order valence-electron chi connectivity index (χ3n) is 2.65. The van der Waals surface area contributed by atoms with E-state index in [-0.39, 0.29) is 22.9 Å². The summed E-state index contributed by atoms with van der Waals surface area (Å²) in [5.41, 5.74) is 1.51. The van der Waals surface area contributed by atoms with E-state index in [9.17, 15) is 9.59 Å². The molecule has 0 spiro atoms. The van der Waals surface area contributed by atoms with Gasteiger partial charge in [0.2, 0.25) is 5.91 Å². The molecule has 0 aromatic heterocycles. The molecule has 0 aliphatic rings. The van der Waals surface area contributed by atoms with Gasteiger partial charge in [0.1, 0.15) is 0 Å². The Morgan fingerprint density at radius 3 is 2.80 bits per heavy atom. The maximum absolute atomic E-state index is 12.0. The Balaban J connectivity index is 2.53. The Morgan fingerprint density at radius 2 is 2.15 bits per heavy atom. The molecular formula is C14H18ClNO3S. The zero-order valence-electron chi connectivity index (χ0n) is 11.7. The summed E-state index contributed by atoms with van der Waals surface area (Å²) in [7, 11) is 0. The second-order valence-corrected chi connectivity index (χ2v) is 5.90. The number of carbonyl (C=O) groups excluding carboxylic acids is 2. The van der Waals surface area contributed by atoms with Crippen molar-refractivity contribution in [2.24, 2.45) is 0 Å². The highest BCUT2D eigenvalue weighted by molar-refractivity contribution is 8.01. The van der Waals surface area contributed by atoms with Crippen molar-refractivity contribution in [3.8, 4) is 0 Å². The fourth-order valence-electron chi connectivity index (χ4n) is 1.45. The number of nitrogens with one attached hydrogen (secondary N) is 1. The fraction of sp³-hybridized carbons (Fsp3) is 0.429. The minimum absolute atomic E-state index is 0.162. The summed E-state index contributed by atoms with van der Waals surface area (Å²) in [6.07, 6.45) is 0. The van der Waals surface area contributed by atoms with Gasteiger partial charge in [0.15, 0.2) is 0 Å². The molecule has 1 aromatic carbocycles. The fourth-order valence-corrected chi connectivity index (χ4v) is 2.30. The zero-order valence-corrected chi connectivity index (χ0v) is 13.3. The summed E-state index contributed by atoms with van der Waals surface area (Å²) in [6.45, 7) is 5.69. The summed E-state index contributed by atoms with van der Waals surface area (Å²) in [4.78, 5) is 23.3. The molecule has 0 aliphatic carbocycles. The van der Waals surface area contributed by atoms with Gasteiger partial charge in [-0.25, -0.2) is 0 Å². The average Bonchev–Trinajstić information content (AvgIpc) is 2.41. The van der Waals surface area contributed by atoms with E-state index in [2.05, 4.69) is 5.32 Å². The molecule has 1 amide bonds. The van der Waals surface area contributed by atoms with Crippen molar-refractivity contribution in [1.29, 1.82) is 0 Å². The van der Waals surface area contributed by atoms with Gasteiger partial charge in [0.05, 0.1) is 17.6 Å². The molecule has 0 bridgehead atoms. The minimum Gasteiger partial charge on any atom is -0.465 e. The van der Waals surface area contributed by atoms with E-state index < -0.39 is 0 Å². The number of anilines is 1. The van der Waals surface area contributed by atoms with Crippen LogP contribution in [0.4, 0.5) is 5.69 Å². The topological polar surface area (TPSA) is 55.4 Å².